The summed E-state index contributed by atoms with van der Waals surface area (Å²) in [5, 5.41) is 24.8. The van der Waals surface area contributed by atoms with Crippen molar-refractivity contribution in [3.8, 4) is 0 Å². The number of carbonyl (C=O) groups is 5. The highest BCUT2D eigenvalue weighted by Gasteiger charge is 2.71. The van der Waals surface area contributed by atoms with Gasteiger partial charge in [-0.05, 0) is 74.7 Å². The molecule has 0 aromatic rings. The van der Waals surface area contributed by atoms with Crippen molar-refractivity contribution >= 4 is 30.2 Å². The maximum absolute atomic E-state index is 13.2. The standard InChI is InChI=1S/C34H46O13/c1-18(36)44-26-16-43-30(29(46-20(3)38)28(26)45-19(2)37)47-22-5-10-32(17-35)24-6-9-31(4)23(21-13-27(39)42-15-21)8-12-34(31,41)25(24)7-11-33(32,40)14-22/h13,17,22-26,28-30,40-41H,5-12,14-16H2,1-4H3/t22-,23+,24-,25+,26-,28-,29+,30?,31+,32-,33-,34?/m0/s1. The third-order valence-electron chi connectivity index (χ3n) is 12.5. The molecule has 2 N–H and O–H groups in total. The van der Waals surface area contributed by atoms with E-state index in [0.29, 0.717) is 38.5 Å². The van der Waals surface area contributed by atoms with E-state index in [1.54, 1.807) is 6.08 Å². The van der Waals surface area contributed by atoms with E-state index in [1.165, 1.54) is 20.8 Å². The van der Waals surface area contributed by atoms with Gasteiger partial charge in [0.15, 0.2) is 24.6 Å². The predicted molar refractivity (Wildman–Crippen MR) is 159 cm³/mol. The number of esters is 4. The molecule has 13 nitrogen and oxygen atoms in total. The van der Waals surface area contributed by atoms with Gasteiger partial charge >= 0.3 is 23.9 Å². The van der Waals surface area contributed by atoms with E-state index < -0.39 is 70.6 Å². The van der Waals surface area contributed by atoms with E-state index in [4.69, 9.17) is 28.4 Å². The van der Waals surface area contributed by atoms with Crippen LogP contribution in [0.5, 0.6) is 0 Å². The SMILES string of the molecule is CC(=O)O[C@H]1[C@@H](OC(C)=O)COC(O[C@H]2CC[C@]3(C=O)[C@H]4CC[C@]5(C)[C@@H](C6=CC(=O)OC6)CCC5(O)[C@@H]4CC[C@]3(O)C2)[C@@H]1OC(C)=O. The van der Waals surface area contributed by atoms with Gasteiger partial charge in [0.2, 0.25) is 0 Å². The average Bonchev–Trinajstić information content (AvgIpc) is 3.54. The lowest BCUT2D eigenvalue weighted by Crippen LogP contribution is -2.69. The number of aldehydes is 1. The van der Waals surface area contributed by atoms with E-state index in [2.05, 4.69) is 6.92 Å². The van der Waals surface area contributed by atoms with Crippen LogP contribution < -0.4 is 0 Å². The first kappa shape index (κ1) is 34.0. The van der Waals surface area contributed by atoms with Gasteiger partial charge in [-0.1, -0.05) is 6.92 Å². The molecule has 0 aromatic carbocycles. The zero-order chi connectivity index (χ0) is 33.9. The van der Waals surface area contributed by atoms with E-state index in [1.807, 2.05) is 0 Å². The molecule has 6 aliphatic rings. The van der Waals surface area contributed by atoms with Crippen LogP contribution in [0.4, 0.5) is 0 Å². The minimum atomic E-state index is -1.42. The van der Waals surface area contributed by atoms with Gasteiger partial charge in [-0.25, -0.2) is 4.79 Å². The lowest BCUT2D eigenvalue weighted by molar-refractivity contribution is -0.305. The Bertz CT molecular complexity index is 1340. The zero-order valence-corrected chi connectivity index (χ0v) is 27.4. The van der Waals surface area contributed by atoms with Crippen LogP contribution in [0.15, 0.2) is 11.6 Å². The molecule has 2 heterocycles. The number of cyclic esters (lactones) is 1. The minimum Gasteiger partial charge on any atom is -0.458 e. The minimum absolute atomic E-state index is 0.00828. The number of carbonyl (C=O) groups excluding carboxylic acids is 5. The number of hydrogen-bond acceptors (Lipinski definition) is 13. The highest BCUT2D eigenvalue weighted by molar-refractivity contribution is 5.85. The average molecular weight is 663 g/mol. The smallest absolute Gasteiger partial charge is 0.331 e. The Morgan fingerprint density at radius 2 is 1.57 bits per heavy atom. The molecule has 260 valence electrons. The van der Waals surface area contributed by atoms with Crippen molar-refractivity contribution < 1.29 is 62.6 Å². The summed E-state index contributed by atoms with van der Waals surface area (Å²) in [7, 11) is 0. The normalized spacial score (nSPS) is 45.7. The fraction of sp³-hybridized carbons (Fsp3) is 0.794. The number of ether oxygens (including phenoxy) is 6. The molecule has 0 bridgehead atoms. The molecule has 0 spiro atoms. The second kappa shape index (κ2) is 12.2. The number of rotatable bonds is 7. The third kappa shape index (κ3) is 5.50. The quantitative estimate of drug-likeness (QED) is 0.175. The molecule has 12 atom stereocenters. The molecule has 1 saturated heterocycles. The lowest BCUT2D eigenvalue weighted by Gasteiger charge is -2.65. The van der Waals surface area contributed by atoms with E-state index in [9.17, 15) is 34.2 Å². The molecule has 0 aromatic heterocycles. The van der Waals surface area contributed by atoms with Gasteiger partial charge in [-0.3, -0.25) is 14.4 Å². The van der Waals surface area contributed by atoms with E-state index in [0.717, 1.165) is 18.3 Å². The highest BCUT2D eigenvalue weighted by atomic mass is 16.7. The zero-order valence-electron chi connectivity index (χ0n) is 27.4. The Kier molecular flexibility index (Phi) is 8.85. The summed E-state index contributed by atoms with van der Waals surface area (Å²) in [4.78, 5) is 60.9. The van der Waals surface area contributed by atoms with Gasteiger partial charge in [0.05, 0.1) is 29.3 Å². The fourth-order valence-corrected chi connectivity index (χ4v) is 10.4. The van der Waals surface area contributed by atoms with Crippen LogP contribution in [0.3, 0.4) is 0 Å². The Morgan fingerprint density at radius 3 is 2.21 bits per heavy atom. The molecule has 0 radical (unpaired) electrons. The summed E-state index contributed by atoms with van der Waals surface area (Å²) < 4.78 is 33.6. The van der Waals surface area contributed by atoms with Crippen LogP contribution in [-0.2, 0) is 52.4 Å². The van der Waals surface area contributed by atoms with Crippen LogP contribution in [0.2, 0.25) is 0 Å². The van der Waals surface area contributed by atoms with Gasteiger partial charge in [-0.2, -0.15) is 0 Å². The van der Waals surface area contributed by atoms with Gasteiger partial charge in [0, 0.05) is 38.7 Å². The molecule has 4 saturated carbocycles. The van der Waals surface area contributed by atoms with Crippen molar-refractivity contribution in [2.75, 3.05) is 13.2 Å². The van der Waals surface area contributed by atoms with Gasteiger partial charge in [0.1, 0.15) is 12.9 Å². The summed E-state index contributed by atoms with van der Waals surface area (Å²) >= 11 is 0. The van der Waals surface area contributed by atoms with Crippen molar-refractivity contribution in [1.82, 2.24) is 0 Å². The summed E-state index contributed by atoms with van der Waals surface area (Å²) in [5.41, 5.74) is -3.14. The summed E-state index contributed by atoms with van der Waals surface area (Å²) in [6, 6.07) is 0. The van der Waals surface area contributed by atoms with Crippen LogP contribution in [-0.4, -0.2) is 95.5 Å². The largest absolute Gasteiger partial charge is 0.458 e. The summed E-state index contributed by atoms with van der Waals surface area (Å²) in [6.07, 6.45) is 1.37. The summed E-state index contributed by atoms with van der Waals surface area (Å²) in [6.45, 7) is 5.73. The van der Waals surface area contributed by atoms with Crippen molar-refractivity contribution in [3.63, 3.8) is 0 Å². The van der Waals surface area contributed by atoms with Crippen LogP contribution >= 0.6 is 0 Å². The number of fused-ring (bicyclic) bond motifs is 5. The van der Waals surface area contributed by atoms with Crippen molar-refractivity contribution in [3.05, 3.63) is 11.6 Å². The second-order valence-electron chi connectivity index (χ2n) is 14.7. The molecular weight excluding hydrogens is 616 g/mol. The van der Waals surface area contributed by atoms with E-state index >= 15 is 0 Å². The fourth-order valence-electron chi connectivity index (χ4n) is 10.4. The van der Waals surface area contributed by atoms with Gasteiger partial charge in [0.25, 0.3) is 0 Å². The topological polar surface area (TPSA) is 181 Å². The summed E-state index contributed by atoms with van der Waals surface area (Å²) in [5.74, 6) is -2.78. The van der Waals surface area contributed by atoms with E-state index in [-0.39, 0.29) is 49.8 Å². The van der Waals surface area contributed by atoms with Crippen molar-refractivity contribution in [2.45, 2.75) is 127 Å². The number of hydrogen-bond donors (Lipinski definition) is 2. The van der Waals surface area contributed by atoms with Crippen LogP contribution in [0, 0.1) is 28.6 Å². The Morgan fingerprint density at radius 1 is 0.894 bits per heavy atom. The molecule has 2 unspecified atom stereocenters. The van der Waals surface area contributed by atoms with Crippen LogP contribution in [0.25, 0.3) is 0 Å². The third-order valence-corrected chi connectivity index (χ3v) is 12.5. The molecule has 4 aliphatic carbocycles. The number of aliphatic hydroxyl groups is 2. The molecular formula is C34H46O13. The van der Waals surface area contributed by atoms with Crippen molar-refractivity contribution in [2.24, 2.45) is 28.6 Å². The first-order valence-corrected chi connectivity index (χ1v) is 16.7. The van der Waals surface area contributed by atoms with Crippen molar-refractivity contribution in [1.29, 1.82) is 0 Å². The predicted octanol–water partition coefficient (Wildman–Crippen LogP) is 2.07. The molecule has 5 fully saturated rings. The molecule has 6 rings (SSSR count). The Labute approximate surface area is 273 Å². The molecule has 2 aliphatic heterocycles. The van der Waals surface area contributed by atoms with Gasteiger partial charge < -0.3 is 43.4 Å². The molecule has 13 heteroatoms. The second-order valence-corrected chi connectivity index (χ2v) is 14.7. The van der Waals surface area contributed by atoms with Gasteiger partial charge in [-0.15, -0.1) is 0 Å². The first-order valence-electron chi connectivity index (χ1n) is 16.7. The Balaban J connectivity index is 1.21. The lowest BCUT2D eigenvalue weighted by atomic mass is 9.41. The highest BCUT2D eigenvalue weighted by Crippen LogP contribution is 2.70. The van der Waals surface area contributed by atoms with Crippen LogP contribution in [0.1, 0.15) is 85.5 Å². The maximum atomic E-state index is 13.2. The molecule has 47 heavy (non-hydrogen) atoms. The Hall–Kier alpha value is -2.87. The molecule has 0 amide bonds. The first-order chi connectivity index (χ1) is 22.2. The maximum Gasteiger partial charge on any atom is 0.331 e. The monoisotopic (exact) mass is 662 g/mol.